The molecule has 0 saturated carbocycles. The Morgan fingerprint density at radius 3 is 2.88 bits per heavy atom. The van der Waals surface area contributed by atoms with Gasteiger partial charge in [0.2, 0.25) is 5.89 Å². The van der Waals surface area contributed by atoms with E-state index in [-0.39, 0.29) is 5.82 Å². The summed E-state index contributed by atoms with van der Waals surface area (Å²) in [6.07, 6.45) is 4.68. The molecule has 1 saturated heterocycles. The predicted octanol–water partition coefficient (Wildman–Crippen LogP) is 2.08. The zero-order valence-electron chi connectivity index (χ0n) is 13.5. The second-order valence-electron chi connectivity index (χ2n) is 6.33. The van der Waals surface area contributed by atoms with Gasteiger partial charge in [0.1, 0.15) is 17.1 Å². The Hall–Kier alpha value is -2.58. The molecular formula is C17H18FN5O2. The molecule has 130 valence electrons. The molecule has 2 N–H and O–H groups in total. The van der Waals surface area contributed by atoms with Crippen LogP contribution in [0, 0.1) is 5.82 Å². The molecule has 1 atom stereocenters. The monoisotopic (exact) mass is 343 g/mol. The van der Waals surface area contributed by atoms with Gasteiger partial charge in [0.15, 0.2) is 5.76 Å². The minimum absolute atomic E-state index is 0.288. The van der Waals surface area contributed by atoms with Crippen molar-refractivity contribution in [2.24, 2.45) is 0 Å². The average molecular weight is 343 g/mol. The van der Waals surface area contributed by atoms with Crippen LogP contribution in [-0.2, 0) is 12.1 Å². The summed E-state index contributed by atoms with van der Waals surface area (Å²) >= 11 is 0. The molecule has 3 aromatic rings. The lowest BCUT2D eigenvalue weighted by Gasteiger charge is -2.37. The first-order valence-corrected chi connectivity index (χ1v) is 8.14. The van der Waals surface area contributed by atoms with Crippen LogP contribution in [0.25, 0.3) is 11.3 Å². The number of aliphatic hydroxyl groups is 1. The Morgan fingerprint density at radius 1 is 1.28 bits per heavy atom. The van der Waals surface area contributed by atoms with Gasteiger partial charge in [-0.1, -0.05) is 0 Å². The Kier molecular flexibility index (Phi) is 4.06. The quantitative estimate of drug-likeness (QED) is 0.754. The summed E-state index contributed by atoms with van der Waals surface area (Å²) in [5.41, 5.74) is 0.312. The summed E-state index contributed by atoms with van der Waals surface area (Å²) < 4.78 is 18.8. The Labute approximate surface area is 143 Å². The number of oxazole rings is 1. The van der Waals surface area contributed by atoms with E-state index in [1.807, 2.05) is 0 Å². The van der Waals surface area contributed by atoms with Gasteiger partial charge >= 0.3 is 0 Å². The van der Waals surface area contributed by atoms with E-state index in [2.05, 4.69) is 25.3 Å². The van der Waals surface area contributed by atoms with Crippen molar-refractivity contribution in [3.05, 3.63) is 54.1 Å². The van der Waals surface area contributed by atoms with Gasteiger partial charge in [0, 0.05) is 12.1 Å². The van der Waals surface area contributed by atoms with Crippen molar-refractivity contribution in [3.63, 3.8) is 0 Å². The second-order valence-corrected chi connectivity index (χ2v) is 6.33. The van der Waals surface area contributed by atoms with Crippen molar-refractivity contribution < 1.29 is 13.9 Å². The van der Waals surface area contributed by atoms with Crippen molar-refractivity contribution in [2.45, 2.75) is 25.0 Å². The van der Waals surface area contributed by atoms with Crippen LogP contribution in [0.4, 0.5) is 4.39 Å². The topological polar surface area (TPSA) is 91.1 Å². The number of nitrogens with zero attached hydrogens (tertiary/aromatic N) is 4. The van der Waals surface area contributed by atoms with Gasteiger partial charge in [-0.15, -0.1) is 0 Å². The molecule has 2 aromatic heterocycles. The number of hydrogen-bond acceptors (Lipinski definition) is 6. The number of H-pyrrole nitrogens is 1. The van der Waals surface area contributed by atoms with Crippen LogP contribution in [0.5, 0.6) is 0 Å². The van der Waals surface area contributed by atoms with Crippen molar-refractivity contribution in [2.75, 3.05) is 13.1 Å². The maximum atomic E-state index is 13.0. The molecule has 8 heteroatoms. The normalized spacial score (nSPS) is 21.5. The molecule has 0 spiro atoms. The van der Waals surface area contributed by atoms with E-state index >= 15 is 0 Å². The smallest absolute Gasteiger partial charge is 0.209 e. The summed E-state index contributed by atoms with van der Waals surface area (Å²) in [6.45, 7) is 1.77. The van der Waals surface area contributed by atoms with Crippen LogP contribution in [0.1, 0.15) is 24.4 Å². The highest BCUT2D eigenvalue weighted by molar-refractivity contribution is 5.55. The standard InChI is InChI=1S/C17H18FN5O2/c18-13-4-2-12(3-5-13)14-8-19-16(25-14)10-23-7-1-6-17(24,11-23)15-9-20-22-21-15/h2-5,8-9,24H,1,6-7,10-11H2,(H,20,21,22)/t17-/m0/s1. The Balaban J connectivity index is 1.46. The number of hydrogen-bond donors (Lipinski definition) is 2. The molecule has 1 fully saturated rings. The number of likely N-dealkylation sites (tertiary alicyclic amines) is 1. The summed E-state index contributed by atoms with van der Waals surface area (Å²) in [7, 11) is 0. The first-order chi connectivity index (χ1) is 12.1. The van der Waals surface area contributed by atoms with Gasteiger partial charge in [-0.05, 0) is 43.7 Å². The second kappa shape index (κ2) is 6.38. The lowest BCUT2D eigenvalue weighted by atomic mass is 9.90. The van der Waals surface area contributed by atoms with E-state index < -0.39 is 5.60 Å². The number of nitrogens with one attached hydrogen (secondary N) is 1. The van der Waals surface area contributed by atoms with Gasteiger partial charge in [0.25, 0.3) is 0 Å². The minimum atomic E-state index is -1.02. The molecule has 4 rings (SSSR count). The van der Waals surface area contributed by atoms with Gasteiger partial charge in [-0.3, -0.25) is 4.90 Å². The fourth-order valence-electron chi connectivity index (χ4n) is 3.22. The third-order valence-corrected chi connectivity index (χ3v) is 4.48. The molecule has 3 heterocycles. The number of halogens is 1. The lowest BCUT2D eigenvalue weighted by molar-refractivity contribution is -0.0432. The first kappa shape index (κ1) is 15.9. The molecule has 0 radical (unpaired) electrons. The molecule has 1 aromatic carbocycles. The van der Waals surface area contributed by atoms with Crippen LogP contribution in [0.15, 0.2) is 41.1 Å². The SMILES string of the molecule is O[C@@]1(c2cn[nH]n2)CCCN(Cc2ncc(-c3ccc(F)cc3)o2)C1. The summed E-state index contributed by atoms with van der Waals surface area (Å²) in [4.78, 5) is 6.38. The Bertz CT molecular complexity index is 833. The van der Waals surface area contributed by atoms with E-state index in [0.717, 1.165) is 18.5 Å². The molecule has 1 aliphatic heterocycles. The highest BCUT2D eigenvalue weighted by Gasteiger charge is 2.37. The van der Waals surface area contributed by atoms with Crippen LogP contribution >= 0.6 is 0 Å². The first-order valence-electron chi connectivity index (χ1n) is 8.14. The maximum Gasteiger partial charge on any atom is 0.209 e. The van der Waals surface area contributed by atoms with Crippen LogP contribution in [0.2, 0.25) is 0 Å². The minimum Gasteiger partial charge on any atom is -0.439 e. The number of rotatable bonds is 4. The van der Waals surface area contributed by atoms with E-state index in [1.165, 1.54) is 12.1 Å². The molecule has 0 amide bonds. The zero-order valence-corrected chi connectivity index (χ0v) is 13.5. The molecule has 7 nitrogen and oxygen atoms in total. The average Bonchev–Trinajstić information content (AvgIpc) is 3.28. The van der Waals surface area contributed by atoms with Gasteiger partial charge < -0.3 is 9.52 Å². The van der Waals surface area contributed by atoms with Crippen molar-refractivity contribution >= 4 is 0 Å². The van der Waals surface area contributed by atoms with Crippen LogP contribution in [-0.4, -0.2) is 43.5 Å². The highest BCUT2D eigenvalue weighted by atomic mass is 19.1. The molecular weight excluding hydrogens is 325 g/mol. The predicted molar refractivity (Wildman–Crippen MR) is 86.7 cm³/mol. The third kappa shape index (κ3) is 3.31. The van der Waals surface area contributed by atoms with Crippen LogP contribution in [0.3, 0.4) is 0 Å². The number of aromatic nitrogens is 4. The molecule has 0 bridgehead atoms. The third-order valence-electron chi connectivity index (χ3n) is 4.48. The Morgan fingerprint density at radius 2 is 2.12 bits per heavy atom. The van der Waals surface area contributed by atoms with Crippen molar-refractivity contribution in [1.29, 1.82) is 0 Å². The molecule has 0 aliphatic carbocycles. The van der Waals surface area contributed by atoms with Gasteiger partial charge in [-0.25, -0.2) is 9.37 Å². The van der Waals surface area contributed by atoms with E-state index in [0.29, 0.717) is 36.9 Å². The highest BCUT2D eigenvalue weighted by Crippen LogP contribution is 2.30. The number of β-amino-alcohol motifs (C(OH)–C–C–N with tert-alkyl or cyclic N) is 1. The fourth-order valence-corrected chi connectivity index (χ4v) is 3.22. The van der Waals surface area contributed by atoms with Gasteiger partial charge in [-0.2, -0.15) is 15.4 Å². The maximum absolute atomic E-state index is 13.0. The molecule has 1 aliphatic rings. The van der Waals surface area contributed by atoms with Crippen LogP contribution < -0.4 is 0 Å². The summed E-state index contributed by atoms with van der Waals surface area (Å²) in [5, 5.41) is 21.2. The summed E-state index contributed by atoms with van der Waals surface area (Å²) in [6, 6.07) is 6.09. The number of aromatic amines is 1. The molecule has 25 heavy (non-hydrogen) atoms. The largest absolute Gasteiger partial charge is 0.439 e. The van der Waals surface area contributed by atoms with Crippen molar-refractivity contribution in [3.8, 4) is 11.3 Å². The van der Waals surface area contributed by atoms with E-state index in [1.54, 1.807) is 24.5 Å². The molecule has 0 unspecified atom stereocenters. The van der Waals surface area contributed by atoms with E-state index in [4.69, 9.17) is 4.42 Å². The van der Waals surface area contributed by atoms with Crippen molar-refractivity contribution in [1.82, 2.24) is 25.3 Å². The zero-order chi connectivity index (χ0) is 17.3. The lowest BCUT2D eigenvalue weighted by Crippen LogP contribution is -2.45. The van der Waals surface area contributed by atoms with E-state index in [9.17, 15) is 9.50 Å². The number of benzene rings is 1. The van der Waals surface area contributed by atoms with Gasteiger partial charge in [0.05, 0.1) is 18.9 Å². The fraction of sp³-hybridized carbons (Fsp3) is 0.353. The number of piperidine rings is 1. The summed E-state index contributed by atoms with van der Waals surface area (Å²) in [5.74, 6) is 0.867.